The standard InChI is InChI=1S/C62H60/c1-3-13-45(14-4-1)54-40-55(46-15-5-2-6-16-46)42-56(41-54)49-33-36-51(37-34-49)62-59-21-11-9-19-57(59)61(58-20-10-12-22-60(58)62)50-31-27-44(28-32-50)24-23-43-25-29-48(30-26-43)53-38-35-47-17-7-8-18-52(47)39-53/h1,3-5,7,9-13,15-17,19-25,27,29,31,33,35-36,38,40,42,45,52,54,57,59H,2,6,8,14,18,26,28,30,32,34,37,39,41H2. The quantitative estimate of drug-likeness (QED) is 0.246. The van der Waals surface area contributed by atoms with Crippen LogP contribution in [0.2, 0.25) is 0 Å². The van der Waals surface area contributed by atoms with Crippen LogP contribution in [0, 0.1) is 29.6 Å². The second-order valence-corrected chi connectivity index (χ2v) is 19.0. The predicted molar refractivity (Wildman–Crippen MR) is 263 cm³/mol. The fourth-order valence-electron chi connectivity index (χ4n) is 11.9. The normalized spacial score (nSPS) is 28.8. The summed E-state index contributed by atoms with van der Waals surface area (Å²) < 4.78 is 0. The lowest BCUT2D eigenvalue weighted by molar-refractivity contribution is 0.467. The molecule has 0 N–H and O–H groups in total. The van der Waals surface area contributed by atoms with E-state index in [1.54, 1.807) is 22.3 Å². The van der Waals surface area contributed by atoms with E-state index < -0.39 is 0 Å². The van der Waals surface area contributed by atoms with Crippen LogP contribution in [0.25, 0.3) is 11.1 Å². The van der Waals surface area contributed by atoms with Crippen LogP contribution in [-0.2, 0) is 0 Å². The largest absolute Gasteiger partial charge is 0.0842 e. The summed E-state index contributed by atoms with van der Waals surface area (Å²) in [6.45, 7) is 0. The van der Waals surface area contributed by atoms with Crippen LogP contribution >= 0.6 is 0 Å². The van der Waals surface area contributed by atoms with Crippen molar-refractivity contribution >= 4 is 11.1 Å². The minimum absolute atomic E-state index is 0.347. The van der Waals surface area contributed by atoms with Gasteiger partial charge in [-0.15, -0.1) is 0 Å². The Kier molecular flexibility index (Phi) is 11.1. The monoisotopic (exact) mass is 804 g/mol. The predicted octanol–water partition coefficient (Wildman–Crippen LogP) is 14.4. The first-order chi connectivity index (χ1) is 30.7. The second kappa shape index (κ2) is 17.6. The molecule has 11 rings (SSSR count). The Hall–Kier alpha value is -5.72. The van der Waals surface area contributed by atoms with Crippen molar-refractivity contribution in [2.75, 3.05) is 0 Å². The van der Waals surface area contributed by atoms with Crippen LogP contribution in [0.3, 0.4) is 0 Å². The summed E-state index contributed by atoms with van der Waals surface area (Å²) in [5.74, 6) is 2.51. The van der Waals surface area contributed by atoms with E-state index in [9.17, 15) is 0 Å². The summed E-state index contributed by atoms with van der Waals surface area (Å²) in [6, 6.07) is 9.34. The summed E-state index contributed by atoms with van der Waals surface area (Å²) in [4.78, 5) is 0. The lowest BCUT2D eigenvalue weighted by Gasteiger charge is -2.36. The third kappa shape index (κ3) is 7.94. The van der Waals surface area contributed by atoms with Crippen molar-refractivity contribution in [3.05, 3.63) is 248 Å². The minimum atomic E-state index is 0.347. The van der Waals surface area contributed by atoms with E-state index in [0.717, 1.165) is 64.2 Å². The Bertz CT molecular complexity index is 2760. The molecule has 0 nitrogen and oxygen atoms in total. The van der Waals surface area contributed by atoms with Crippen LogP contribution in [0.1, 0.15) is 83.5 Å². The zero-order valence-electron chi connectivity index (χ0n) is 36.3. The SMILES string of the molecule is C1=CCC(C2C=C(C3=CCCC=C3)C=C(C3=CC=C(C4=c5ccccc5=C(C5=CC=C(C=CC6=CC=C(C7=CC=C8C=CCCC8C7)CC6)CC5)C5C=CC=CC45)CC3)C2)C=C1. The van der Waals surface area contributed by atoms with Crippen LogP contribution in [-0.4, -0.2) is 0 Å². The molecular formula is C62H60. The van der Waals surface area contributed by atoms with Gasteiger partial charge in [0.15, 0.2) is 0 Å². The Morgan fingerprint density at radius 3 is 1.79 bits per heavy atom. The van der Waals surface area contributed by atoms with Crippen molar-refractivity contribution in [2.24, 2.45) is 29.6 Å². The van der Waals surface area contributed by atoms with Gasteiger partial charge in [0.25, 0.3) is 0 Å². The van der Waals surface area contributed by atoms with Crippen molar-refractivity contribution < 1.29 is 0 Å². The lowest BCUT2D eigenvalue weighted by Crippen LogP contribution is -2.40. The third-order valence-electron chi connectivity index (χ3n) is 15.3. The molecule has 0 heterocycles. The van der Waals surface area contributed by atoms with Crippen LogP contribution in [0.15, 0.2) is 237 Å². The average Bonchev–Trinajstić information content (AvgIpc) is 3.35. The van der Waals surface area contributed by atoms with Crippen molar-refractivity contribution in [3.8, 4) is 0 Å². The number of hydrogen-bond acceptors (Lipinski definition) is 0. The molecule has 0 heteroatoms. The Morgan fingerprint density at radius 2 is 1.13 bits per heavy atom. The van der Waals surface area contributed by atoms with Gasteiger partial charge in [0.2, 0.25) is 0 Å². The minimum Gasteiger partial charge on any atom is -0.0842 e. The highest BCUT2D eigenvalue weighted by atomic mass is 14.4. The topological polar surface area (TPSA) is 0 Å². The number of hydrogen-bond donors (Lipinski definition) is 0. The first kappa shape index (κ1) is 39.1. The van der Waals surface area contributed by atoms with Gasteiger partial charge in [-0.3, -0.25) is 0 Å². The first-order valence-electron chi connectivity index (χ1n) is 24.0. The highest BCUT2D eigenvalue weighted by Gasteiger charge is 2.34. The number of fused-ring (bicyclic) bond motifs is 3. The van der Waals surface area contributed by atoms with Gasteiger partial charge in [0.05, 0.1) is 0 Å². The maximum absolute atomic E-state index is 2.59. The maximum atomic E-state index is 2.59. The third-order valence-corrected chi connectivity index (χ3v) is 15.3. The van der Waals surface area contributed by atoms with Gasteiger partial charge in [-0.05, 0) is 184 Å². The van der Waals surface area contributed by atoms with Crippen molar-refractivity contribution in [1.82, 2.24) is 0 Å². The molecule has 0 saturated carbocycles. The second-order valence-electron chi connectivity index (χ2n) is 19.0. The van der Waals surface area contributed by atoms with E-state index >= 15 is 0 Å². The van der Waals surface area contributed by atoms with E-state index in [0.29, 0.717) is 29.6 Å². The van der Waals surface area contributed by atoms with Crippen LogP contribution < -0.4 is 10.4 Å². The molecule has 1 aromatic carbocycles. The summed E-state index contributed by atoms with van der Waals surface area (Å²) in [5.41, 5.74) is 19.5. The van der Waals surface area contributed by atoms with Crippen LogP contribution in [0.5, 0.6) is 0 Å². The Morgan fingerprint density at radius 1 is 0.484 bits per heavy atom. The van der Waals surface area contributed by atoms with E-state index in [1.807, 2.05) is 0 Å². The molecule has 1 aromatic rings. The number of allylic oxidation sites excluding steroid dienone is 36. The molecule has 5 atom stereocenters. The fraction of sp³-hybridized carbons (Fsp3) is 0.290. The highest BCUT2D eigenvalue weighted by molar-refractivity contribution is 5.81. The molecule has 0 spiro atoms. The van der Waals surface area contributed by atoms with Gasteiger partial charge in [-0.2, -0.15) is 0 Å². The Labute approximate surface area is 370 Å². The molecule has 0 saturated heterocycles. The molecular weight excluding hydrogens is 745 g/mol. The number of benzene rings is 1. The smallest absolute Gasteiger partial charge is 0.0134 e. The molecule has 10 aliphatic rings. The van der Waals surface area contributed by atoms with E-state index in [2.05, 4.69) is 176 Å². The molecule has 0 amide bonds. The molecule has 0 bridgehead atoms. The molecule has 0 fully saturated rings. The van der Waals surface area contributed by atoms with Gasteiger partial charge in [-0.25, -0.2) is 0 Å². The molecule has 62 heavy (non-hydrogen) atoms. The fourth-order valence-corrected chi connectivity index (χ4v) is 11.9. The van der Waals surface area contributed by atoms with Gasteiger partial charge >= 0.3 is 0 Å². The molecule has 10 aliphatic carbocycles. The molecule has 0 radical (unpaired) electrons. The maximum Gasteiger partial charge on any atom is 0.0134 e. The summed E-state index contributed by atoms with van der Waals surface area (Å²) in [7, 11) is 0. The van der Waals surface area contributed by atoms with E-state index in [-0.39, 0.29) is 0 Å². The summed E-state index contributed by atoms with van der Waals surface area (Å²) >= 11 is 0. The molecule has 5 unspecified atom stereocenters. The zero-order valence-corrected chi connectivity index (χ0v) is 36.3. The molecule has 0 aromatic heterocycles. The Balaban J connectivity index is 0.869. The number of rotatable bonds is 8. The molecule has 308 valence electrons. The average molecular weight is 805 g/mol. The van der Waals surface area contributed by atoms with Crippen molar-refractivity contribution in [2.45, 2.75) is 83.5 Å². The summed E-state index contributed by atoms with van der Waals surface area (Å²) in [6.07, 6.45) is 74.9. The highest BCUT2D eigenvalue weighted by Crippen LogP contribution is 2.46. The van der Waals surface area contributed by atoms with E-state index in [1.165, 1.54) is 79.9 Å². The van der Waals surface area contributed by atoms with Gasteiger partial charge in [-0.1, -0.05) is 176 Å². The van der Waals surface area contributed by atoms with Crippen molar-refractivity contribution in [3.63, 3.8) is 0 Å². The van der Waals surface area contributed by atoms with Gasteiger partial charge in [0.1, 0.15) is 0 Å². The van der Waals surface area contributed by atoms with Gasteiger partial charge in [0, 0.05) is 11.8 Å². The zero-order chi connectivity index (χ0) is 41.2. The van der Waals surface area contributed by atoms with Crippen LogP contribution in [0.4, 0.5) is 0 Å². The summed E-state index contributed by atoms with van der Waals surface area (Å²) in [5, 5.41) is 2.87. The van der Waals surface area contributed by atoms with Crippen molar-refractivity contribution in [1.29, 1.82) is 0 Å². The van der Waals surface area contributed by atoms with E-state index in [4.69, 9.17) is 0 Å². The lowest BCUT2D eigenvalue weighted by atomic mass is 9.67. The van der Waals surface area contributed by atoms with Gasteiger partial charge < -0.3 is 0 Å². The first-order valence-corrected chi connectivity index (χ1v) is 24.0. The molecule has 0 aliphatic heterocycles.